The Kier molecular flexibility index (Phi) is 2.52. The number of carbonyl (C=O) groups is 1. The fraction of sp³-hybridized carbons (Fsp3) is 0.133. The third kappa shape index (κ3) is 1.56. The van der Waals surface area contributed by atoms with Crippen molar-refractivity contribution in [3.05, 3.63) is 59.3 Å². The van der Waals surface area contributed by atoms with Crippen molar-refractivity contribution < 1.29 is 9.53 Å². The maximum atomic E-state index is 11.8. The van der Waals surface area contributed by atoms with E-state index < -0.39 is 0 Å². The van der Waals surface area contributed by atoms with Crippen LogP contribution < -0.4 is 0 Å². The normalized spacial score (nSPS) is 16.4. The Morgan fingerprint density at radius 3 is 2.94 bits per heavy atom. The molecule has 1 aromatic rings. The van der Waals surface area contributed by atoms with Gasteiger partial charge in [0, 0.05) is 18.3 Å². The van der Waals surface area contributed by atoms with Gasteiger partial charge in [-0.2, -0.15) is 0 Å². The van der Waals surface area contributed by atoms with Gasteiger partial charge in [0.2, 0.25) is 0 Å². The molecule has 90 valence electrons. The minimum atomic E-state index is -0.295. The zero-order chi connectivity index (χ0) is 12.5. The SMILES string of the molecule is COC(=O)C1=C2c3ccccc3C=CN2CC=C1. The molecule has 0 radical (unpaired) electrons. The van der Waals surface area contributed by atoms with Crippen LogP contribution in [0.15, 0.2) is 48.2 Å². The van der Waals surface area contributed by atoms with Crippen molar-refractivity contribution in [3.8, 4) is 0 Å². The maximum Gasteiger partial charge on any atom is 0.339 e. The molecule has 3 rings (SSSR count). The van der Waals surface area contributed by atoms with Gasteiger partial charge in [-0.3, -0.25) is 0 Å². The van der Waals surface area contributed by atoms with Crippen LogP contribution in [0.3, 0.4) is 0 Å². The first-order valence-electron chi connectivity index (χ1n) is 5.84. The molecule has 0 amide bonds. The standard InChI is InChI=1S/C15H13NO2/c1-18-15(17)13-7-4-9-16-10-8-11-5-2-3-6-12(11)14(13)16/h2-8,10H,9H2,1H3. The van der Waals surface area contributed by atoms with Crippen molar-refractivity contribution in [1.29, 1.82) is 0 Å². The number of benzene rings is 1. The summed E-state index contributed by atoms with van der Waals surface area (Å²) < 4.78 is 4.85. The average Bonchev–Trinajstić information content (AvgIpc) is 2.45. The number of rotatable bonds is 1. The van der Waals surface area contributed by atoms with Crippen LogP contribution >= 0.6 is 0 Å². The number of fused-ring (bicyclic) bond motifs is 3. The third-order valence-electron chi connectivity index (χ3n) is 3.18. The fourth-order valence-electron chi connectivity index (χ4n) is 2.35. The average molecular weight is 239 g/mol. The number of esters is 1. The number of methoxy groups -OCH3 is 1. The summed E-state index contributed by atoms with van der Waals surface area (Å²) in [4.78, 5) is 13.9. The molecule has 2 aliphatic heterocycles. The van der Waals surface area contributed by atoms with E-state index in [2.05, 4.69) is 11.0 Å². The number of carbonyl (C=O) groups excluding carboxylic acids is 1. The van der Waals surface area contributed by atoms with Crippen LogP contribution in [0.5, 0.6) is 0 Å². The first kappa shape index (κ1) is 10.8. The fourth-order valence-corrected chi connectivity index (χ4v) is 2.35. The van der Waals surface area contributed by atoms with Crippen LogP contribution in [0.1, 0.15) is 11.1 Å². The largest absolute Gasteiger partial charge is 0.465 e. The molecule has 0 aliphatic carbocycles. The topological polar surface area (TPSA) is 29.5 Å². The second-order valence-corrected chi connectivity index (χ2v) is 4.21. The van der Waals surface area contributed by atoms with E-state index in [9.17, 15) is 4.79 Å². The van der Waals surface area contributed by atoms with Crippen LogP contribution in [0.2, 0.25) is 0 Å². The number of nitrogens with zero attached hydrogens (tertiary/aromatic N) is 1. The van der Waals surface area contributed by atoms with Crippen LogP contribution in [0.25, 0.3) is 11.8 Å². The van der Waals surface area contributed by atoms with Gasteiger partial charge in [0.15, 0.2) is 0 Å². The molecule has 0 unspecified atom stereocenters. The van der Waals surface area contributed by atoms with Crippen LogP contribution in [0.4, 0.5) is 0 Å². The van der Waals surface area contributed by atoms with E-state index in [1.165, 1.54) is 7.11 Å². The van der Waals surface area contributed by atoms with Crippen molar-refractivity contribution in [2.24, 2.45) is 0 Å². The summed E-state index contributed by atoms with van der Waals surface area (Å²) in [6.45, 7) is 0.778. The van der Waals surface area contributed by atoms with Crippen molar-refractivity contribution >= 4 is 17.7 Å². The van der Waals surface area contributed by atoms with E-state index in [4.69, 9.17) is 4.74 Å². The Balaban J connectivity index is 2.24. The number of hydrogen-bond donors (Lipinski definition) is 0. The predicted molar refractivity (Wildman–Crippen MR) is 70.3 cm³/mol. The highest BCUT2D eigenvalue weighted by Crippen LogP contribution is 2.34. The van der Waals surface area contributed by atoms with Gasteiger partial charge in [-0.25, -0.2) is 4.79 Å². The van der Waals surface area contributed by atoms with Crippen molar-refractivity contribution in [2.75, 3.05) is 13.7 Å². The third-order valence-corrected chi connectivity index (χ3v) is 3.18. The van der Waals surface area contributed by atoms with Crippen LogP contribution in [-0.2, 0) is 9.53 Å². The molecule has 18 heavy (non-hydrogen) atoms. The molecule has 3 nitrogen and oxygen atoms in total. The second kappa shape index (κ2) is 4.18. The van der Waals surface area contributed by atoms with Gasteiger partial charge in [0.05, 0.1) is 18.4 Å². The predicted octanol–water partition coefficient (Wildman–Crippen LogP) is 2.43. The summed E-state index contributed by atoms with van der Waals surface area (Å²) in [6.07, 6.45) is 7.87. The Morgan fingerprint density at radius 1 is 1.28 bits per heavy atom. The lowest BCUT2D eigenvalue weighted by molar-refractivity contribution is -0.135. The highest BCUT2D eigenvalue weighted by atomic mass is 16.5. The Labute approximate surface area is 106 Å². The molecule has 0 fully saturated rings. The number of hydrogen-bond acceptors (Lipinski definition) is 3. The lowest BCUT2D eigenvalue weighted by Crippen LogP contribution is -2.25. The van der Waals surface area contributed by atoms with E-state index in [1.54, 1.807) is 0 Å². The summed E-state index contributed by atoms with van der Waals surface area (Å²) in [7, 11) is 1.41. The minimum absolute atomic E-state index is 0.295. The van der Waals surface area contributed by atoms with E-state index in [1.807, 2.05) is 42.6 Å². The molecule has 0 spiro atoms. The van der Waals surface area contributed by atoms with E-state index in [0.717, 1.165) is 23.4 Å². The van der Waals surface area contributed by atoms with E-state index in [0.29, 0.717) is 5.57 Å². The molecule has 0 saturated carbocycles. The lowest BCUT2D eigenvalue weighted by atomic mass is 9.95. The van der Waals surface area contributed by atoms with Crippen molar-refractivity contribution in [3.63, 3.8) is 0 Å². The zero-order valence-corrected chi connectivity index (χ0v) is 10.1. The molecule has 0 aromatic heterocycles. The first-order chi connectivity index (χ1) is 8.81. The van der Waals surface area contributed by atoms with Gasteiger partial charge in [-0.1, -0.05) is 30.3 Å². The maximum absolute atomic E-state index is 11.8. The molecule has 0 atom stereocenters. The Bertz CT molecular complexity index is 596. The summed E-state index contributed by atoms with van der Waals surface area (Å²) in [5, 5.41) is 0. The highest BCUT2D eigenvalue weighted by Gasteiger charge is 2.25. The van der Waals surface area contributed by atoms with Gasteiger partial charge in [0.1, 0.15) is 0 Å². The van der Waals surface area contributed by atoms with Gasteiger partial charge < -0.3 is 9.64 Å². The summed E-state index contributed by atoms with van der Waals surface area (Å²) in [6, 6.07) is 8.05. The molecular formula is C15H13NO2. The summed E-state index contributed by atoms with van der Waals surface area (Å²) >= 11 is 0. The Morgan fingerprint density at radius 2 is 2.11 bits per heavy atom. The molecule has 0 bridgehead atoms. The van der Waals surface area contributed by atoms with Gasteiger partial charge in [-0.05, 0) is 17.7 Å². The molecule has 2 aliphatic rings. The molecule has 1 aromatic carbocycles. The number of ether oxygens (including phenoxy) is 1. The highest BCUT2D eigenvalue weighted by molar-refractivity contribution is 6.02. The van der Waals surface area contributed by atoms with Gasteiger partial charge in [0.25, 0.3) is 0 Å². The molecule has 0 saturated heterocycles. The smallest absolute Gasteiger partial charge is 0.339 e. The minimum Gasteiger partial charge on any atom is -0.465 e. The van der Waals surface area contributed by atoms with E-state index >= 15 is 0 Å². The van der Waals surface area contributed by atoms with E-state index in [-0.39, 0.29) is 5.97 Å². The molecular weight excluding hydrogens is 226 g/mol. The lowest BCUT2D eigenvalue weighted by Gasteiger charge is -2.31. The monoisotopic (exact) mass is 239 g/mol. The first-order valence-corrected chi connectivity index (χ1v) is 5.84. The zero-order valence-electron chi connectivity index (χ0n) is 10.1. The Hall–Kier alpha value is -2.29. The van der Waals surface area contributed by atoms with Crippen LogP contribution in [0, 0.1) is 0 Å². The quantitative estimate of drug-likeness (QED) is 0.705. The van der Waals surface area contributed by atoms with Gasteiger partial charge in [-0.15, -0.1) is 0 Å². The molecule has 2 heterocycles. The van der Waals surface area contributed by atoms with Crippen molar-refractivity contribution in [1.82, 2.24) is 4.90 Å². The summed E-state index contributed by atoms with van der Waals surface area (Å²) in [5.41, 5.74) is 3.74. The molecule has 0 N–H and O–H groups in total. The van der Waals surface area contributed by atoms with Crippen molar-refractivity contribution in [2.45, 2.75) is 0 Å². The van der Waals surface area contributed by atoms with Gasteiger partial charge >= 0.3 is 5.97 Å². The summed E-state index contributed by atoms with van der Waals surface area (Å²) in [5.74, 6) is -0.295. The van der Waals surface area contributed by atoms with Crippen LogP contribution in [-0.4, -0.2) is 24.5 Å². The second-order valence-electron chi connectivity index (χ2n) is 4.21. The molecule has 3 heteroatoms.